The second kappa shape index (κ2) is 7.30. The molecule has 0 aliphatic rings. The van der Waals surface area contributed by atoms with Gasteiger partial charge in [0.1, 0.15) is 0 Å². The Morgan fingerprint density at radius 1 is 1.24 bits per heavy atom. The number of amides is 1. The van der Waals surface area contributed by atoms with Crippen molar-refractivity contribution in [1.29, 1.82) is 0 Å². The van der Waals surface area contributed by atoms with Crippen molar-refractivity contribution < 1.29 is 4.79 Å². The molecule has 96 valence electrons. The first-order chi connectivity index (χ1) is 7.54. The molecule has 0 aliphatic heterocycles. The van der Waals surface area contributed by atoms with Gasteiger partial charge in [-0.15, -0.1) is 12.4 Å². The molecule has 0 aromatic heterocycles. The molecule has 0 heterocycles. The van der Waals surface area contributed by atoms with Crippen LogP contribution in [-0.2, 0) is 11.2 Å². The highest BCUT2D eigenvalue weighted by molar-refractivity contribution is 5.85. The lowest BCUT2D eigenvalue weighted by atomic mass is 9.97. The number of benzene rings is 1. The van der Waals surface area contributed by atoms with Gasteiger partial charge in [-0.05, 0) is 37.5 Å². The third kappa shape index (κ3) is 4.75. The maximum absolute atomic E-state index is 11.6. The first-order valence-corrected chi connectivity index (χ1v) is 5.58. The molecular weight excluding hydrogens is 236 g/mol. The van der Waals surface area contributed by atoms with Gasteiger partial charge in [-0.3, -0.25) is 4.79 Å². The summed E-state index contributed by atoms with van der Waals surface area (Å²) < 4.78 is 0. The number of halogens is 1. The summed E-state index contributed by atoms with van der Waals surface area (Å²) in [5.74, 6) is 0.0421. The van der Waals surface area contributed by atoms with Gasteiger partial charge >= 0.3 is 0 Å². The number of rotatable bonds is 4. The second-order valence-electron chi connectivity index (χ2n) is 4.19. The molecular formula is C13H21ClN2O. The van der Waals surface area contributed by atoms with E-state index in [1.165, 1.54) is 16.7 Å². The molecule has 0 saturated heterocycles. The molecule has 0 aliphatic carbocycles. The molecule has 0 radical (unpaired) electrons. The highest BCUT2D eigenvalue weighted by atomic mass is 35.5. The van der Waals surface area contributed by atoms with Crippen molar-refractivity contribution in [2.45, 2.75) is 27.2 Å². The van der Waals surface area contributed by atoms with Gasteiger partial charge in [0.15, 0.2) is 0 Å². The van der Waals surface area contributed by atoms with Crippen LogP contribution >= 0.6 is 12.4 Å². The van der Waals surface area contributed by atoms with Gasteiger partial charge < -0.3 is 11.1 Å². The summed E-state index contributed by atoms with van der Waals surface area (Å²) in [6, 6.07) is 4.22. The molecule has 0 bridgehead atoms. The van der Waals surface area contributed by atoms with Crippen molar-refractivity contribution in [3.05, 3.63) is 34.4 Å². The number of aryl methyl sites for hydroxylation is 3. The first-order valence-electron chi connectivity index (χ1n) is 5.58. The Labute approximate surface area is 109 Å². The van der Waals surface area contributed by atoms with Crippen molar-refractivity contribution in [1.82, 2.24) is 5.32 Å². The molecule has 1 amide bonds. The number of carbonyl (C=O) groups excluding carboxylic acids is 1. The van der Waals surface area contributed by atoms with Crippen LogP contribution in [0, 0.1) is 20.8 Å². The Morgan fingerprint density at radius 3 is 2.24 bits per heavy atom. The maximum Gasteiger partial charge on any atom is 0.224 e. The van der Waals surface area contributed by atoms with Crippen LogP contribution in [0.1, 0.15) is 22.3 Å². The third-order valence-corrected chi connectivity index (χ3v) is 2.64. The predicted molar refractivity (Wildman–Crippen MR) is 73.7 cm³/mol. The minimum Gasteiger partial charge on any atom is -0.355 e. The smallest absolute Gasteiger partial charge is 0.224 e. The number of nitrogens with two attached hydrogens (primary N) is 1. The van der Waals surface area contributed by atoms with Crippen molar-refractivity contribution in [2.75, 3.05) is 13.1 Å². The van der Waals surface area contributed by atoms with Crippen LogP contribution < -0.4 is 11.1 Å². The fourth-order valence-electron chi connectivity index (χ4n) is 1.92. The molecule has 0 saturated carbocycles. The maximum atomic E-state index is 11.6. The molecule has 3 N–H and O–H groups in total. The largest absolute Gasteiger partial charge is 0.355 e. The van der Waals surface area contributed by atoms with Gasteiger partial charge in [0.05, 0.1) is 6.42 Å². The van der Waals surface area contributed by atoms with E-state index in [1.54, 1.807) is 0 Å². The molecule has 0 fully saturated rings. The minimum absolute atomic E-state index is 0. The topological polar surface area (TPSA) is 55.1 Å². The number of nitrogens with one attached hydrogen (secondary N) is 1. The van der Waals surface area contributed by atoms with Crippen LogP contribution in [0.15, 0.2) is 12.1 Å². The van der Waals surface area contributed by atoms with Crippen LogP contribution in [0.5, 0.6) is 0 Å². The fraction of sp³-hybridized carbons (Fsp3) is 0.462. The summed E-state index contributed by atoms with van der Waals surface area (Å²) in [5.41, 5.74) is 10.1. The highest BCUT2D eigenvalue weighted by Gasteiger charge is 2.08. The zero-order chi connectivity index (χ0) is 12.1. The minimum atomic E-state index is 0. The zero-order valence-corrected chi connectivity index (χ0v) is 11.5. The Hall–Kier alpha value is -1.06. The van der Waals surface area contributed by atoms with Crippen LogP contribution in [0.25, 0.3) is 0 Å². The van der Waals surface area contributed by atoms with E-state index in [2.05, 4.69) is 24.4 Å². The molecule has 0 spiro atoms. The van der Waals surface area contributed by atoms with Gasteiger partial charge in [-0.25, -0.2) is 0 Å². The predicted octanol–water partition coefficient (Wildman–Crippen LogP) is 1.65. The summed E-state index contributed by atoms with van der Waals surface area (Å²) in [6.07, 6.45) is 0.442. The Balaban J connectivity index is 0.00000256. The number of carbonyl (C=O) groups is 1. The van der Waals surface area contributed by atoms with Gasteiger partial charge in [0, 0.05) is 13.1 Å². The van der Waals surface area contributed by atoms with Crippen LogP contribution in [0.2, 0.25) is 0 Å². The molecule has 1 aromatic rings. The SMILES string of the molecule is Cc1cc(C)c(CC(=O)NCCN)c(C)c1.Cl. The molecule has 0 unspecified atom stereocenters. The van der Waals surface area contributed by atoms with Gasteiger partial charge in [0.2, 0.25) is 5.91 Å². The summed E-state index contributed by atoms with van der Waals surface area (Å²) in [5, 5.41) is 2.79. The van der Waals surface area contributed by atoms with Crippen LogP contribution in [0.3, 0.4) is 0 Å². The Kier molecular flexibility index (Phi) is 6.85. The van der Waals surface area contributed by atoms with E-state index >= 15 is 0 Å². The van der Waals surface area contributed by atoms with Crippen molar-refractivity contribution in [2.24, 2.45) is 5.73 Å². The summed E-state index contributed by atoms with van der Waals surface area (Å²) in [4.78, 5) is 11.6. The average molecular weight is 257 g/mol. The molecule has 1 aromatic carbocycles. The van der Waals surface area contributed by atoms with E-state index in [4.69, 9.17) is 5.73 Å². The lowest BCUT2D eigenvalue weighted by Crippen LogP contribution is -2.30. The van der Waals surface area contributed by atoms with E-state index in [1.807, 2.05) is 13.8 Å². The second-order valence-corrected chi connectivity index (χ2v) is 4.19. The fourth-order valence-corrected chi connectivity index (χ4v) is 1.92. The first kappa shape index (κ1) is 15.9. The van der Waals surface area contributed by atoms with Crippen LogP contribution in [-0.4, -0.2) is 19.0 Å². The molecule has 1 rings (SSSR count). The van der Waals surface area contributed by atoms with E-state index < -0.39 is 0 Å². The molecule has 17 heavy (non-hydrogen) atoms. The van der Waals surface area contributed by atoms with Gasteiger partial charge in [-0.2, -0.15) is 0 Å². The lowest BCUT2D eigenvalue weighted by molar-refractivity contribution is -0.120. The van der Waals surface area contributed by atoms with Gasteiger partial charge in [0.25, 0.3) is 0 Å². The summed E-state index contributed by atoms with van der Waals surface area (Å²) >= 11 is 0. The third-order valence-electron chi connectivity index (χ3n) is 2.64. The monoisotopic (exact) mass is 256 g/mol. The van der Waals surface area contributed by atoms with Crippen molar-refractivity contribution >= 4 is 18.3 Å². The molecule has 4 heteroatoms. The number of hydrogen-bond acceptors (Lipinski definition) is 2. The normalized spacial score (nSPS) is 9.65. The van der Waals surface area contributed by atoms with E-state index in [9.17, 15) is 4.79 Å². The Morgan fingerprint density at radius 2 is 1.76 bits per heavy atom. The zero-order valence-electron chi connectivity index (χ0n) is 10.7. The van der Waals surface area contributed by atoms with E-state index in [-0.39, 0.29) is 18.3 Å². The average Bonchev–Trinajstić information content (AvgIpc) is 2.20. The van der Waals surface area contributed by atoms with Crippen molar-refractivity contribution in [3.63, 3.8) is 0 Å². The van der Waals surface area contributed by atoms with E-state index in [0.29, 0.717) is 19.5 Å². The Bertz CT molecular complexity index is 368. The molecule has 3 nitrogen and oxygen atoms in total. The molecule has 0 atom stereocenters. The lowest BCUT2D eigenvalue weighted by Gasteiger charge is -2.11. The van der Waals surface area contributed by atoms with Crippen molar-refractivity contribution in [3.8, 4) is 0 Å². The summed E-state index contributed by atoms with van der Waals surface area (Å²) in [7, 11) is 0. The van der Waals surface area contributed by atoms with Crippen LogP contribution in [0.4, 0.5) is 0 Å². The quantitative estimate of drug-likeness (QED) is 0.861. The number of hydrogen-bond donors (Lipinski definition) is 2. The highest BCUT2D eigenvalue weighted by Crippen LogP contribution is 2.16. The van der Waals surface area contributed by atoms with Gasteiger partial charge in [-0.1, -0.05) is 17.7 Å². The standard InChI is InChI=1S/C13H20N2O.ClH/c1-9-6-10(2)12(11(3)7-9)8-13(16)15-5-4-14;/h6-7H,4-5,8,14H2,1-3H3,(H,15,16);1H. The summed E-state index contributed by atoms with van der Waals surface area (Å²) in [6.45, 7) is 7.19. The van der Waals surface area contributed by atoms with E-state index in [0.717, 1.165) is 5.56 Å².